The molecule has 8 atom stereocenters. The fourth-order valence-electron chi connectivity index (χ4n) is 6.92. The van der Waals surface area contributed by atoms with Crippen LogP contribution in [0.25, 0.3) is 0 Å². The minimum Gasteiger partial charge on any atom is -0.394 e. The lowest BCUT2D eigenvalue weighted by atomic mass is 9.99. The fourth-order valence-corrected chi connectivity index (χ4v) is 6.92. The Bertz CT molecular complexity index is 916. The summed E-state index contributed by atoms with van der Waals surface area (Å²) < 4.78 is 11.1. The summed E-state index contributed by atoms with van der Waals surface area (Å²) in [5.74, 6) is -0.621. The van der Waals surface area contributed by atoms with E-state index in [2.05, 4.69) is 31.3 Å². The smallest absolute Gasteiger partial charge is 0.249 e. The number of ether oxygens (including phenoxy) is 2. The Balaban J connectivity index is 2.41. The van der Waals surface area contributed by atoms with Gasteiger partial charge in [0.1, 0.15) is 30.5 Å². The Morgan fingerprint density at radius 1 is 0.630 bits per heavy atom. The number of amides is 1. The monoisotopic (exact) mass is 770 g/mol. The van der Waals surface area contributed by atoms with E-state index in [1.807, 2.05) is 6.08 Å². The topological polar surface area (TPSA) is 169 Å². The van der Waals surface area contributed by atoms with Gasteiger partial charge in [-0.2, -0.15) is 0 Å². The summed E-state index contributed by atoms with van der Waals surface area (Å²) in [4.78, 5) is 13.0. The van der Waals surface area contributed by atoms with E-state index in [0.717, 1.165) is 38.5 Å². The molecule has 1 aliphatic rings. The van der Waals surface area contributed by atoms with E-state index in [0.29, 0.717) is 12.8 Å². The third-order valence-corrected chi connectivity index (χ3v) is 10.6. The molecule has 1 saturated heterocycles. The van der Waals surface area contributed by atoms with Crippen LogP contribution in [0.2, 0.25) is 0 Å². The highest BCUT2D eigenvalue weighted by Gasteiger charge is 2.44. The van der Waals surface area contributed by atoms with Crippen LogP contribution < -0.4 is 5.32 Å². The SMILES string of the molecule is CCCCCCCC/C=C\CCCCCCCCCC[C@@H](O)C(=O)N[C@@H](CO[C@@H]1O[C@H](CO)[C@@H](O)[C@H](O)[C@H]1O)[C@H](O)/C=C/CCCCCCCCCCC. The second-order valence-corrected chi connectivity index (χ2v) is 15.6. The Kier molecular flexibility index (Phi) is 32.7. The summed E-state index contributed by atoms with van der Waals surface area (Å²) >= 11 is 0. The van der Waals surface area contributed by atoms with Gasteiger partial charge in [-0.05, 0) is 44.9 Å². The number of hydrogen-bond acceptors (Lipinski definition) is 9. The molecule has 10 nitrogen and oxygen atoms in total. The van der Waals surface area contributed by atoms with Crippen molar-refractivity contribution in [2.75, 3.05) is 13.2 Å². The summed E-state index contributed by atoms with van der Waals surface area (Å²) in [5, 5.41) is 64.5. The lowest BCUT2D eigenvalue weighted by Crippen LogP contribution is -2.60. The molecular formula is C44H83NO9. The first-order chi connectivity index (χ1) is 26.3. The molecule has 0 aliphatic carbocycles. The van der Waals surface area contributed by atoms with E-state index in [4.69, 9.17) is 9.47 Å². The van der Waals surface area contributed by atoms with Crippen molar-refractivity contribution in [2.45, 2.75) is 236 Å². The number of hydrogen-bond donors (Lipinski definition) is 7. The lowest BCUT2D eigenvalue weighted by Gasteiger charge is -2.40. The van der Waals surface area contributed by atoms with Crippen LogP contribution in [0.15, 0.2) is 24.3 Å². The van der Waals surface area contributed by atoms with Gasteiger partial charge in [-0.1, -0.05) is 167 Å². The third kappa shape index (κ3) is 25.0. The van der Waals surface area contributed by atoms with Crippen molar-refractivity contribution in [2.24, 2.45) is 0 Å². The zero-order valence-electron chi connectivity index (χ0n) is 34.3. The van der Waals surface area contributed by atoms with Crippen molar-refractivity contribution >= 4 is 5.91 Å². The van der Waals surface area contributed by atoms with Gasteiger partial charge in [-0.3, -0.25) is 4.79 Å². The number of carbonyl (C=O) groups is 1. The molecular weight excluding hydrogens is 686 g/mol. The molecule has 0 radical (unpaired) electrons. The van der Waals surface area contributed by atoms with Gasteiger partial charge in [0.05, 0.1) is 25.4 Å². The summed E-state index contributed by atoms with van der Waals surface area (Å²) in [6.07, 6.45) is 29.8. The van der Waals surface area contributed by atoms with Gasteiger partial charge in [0.15, 0.2) is 6.29 Å². The molecule has 54 heavy (non-hydrogen) atoms. The third-order valence-electron chi connectivity index (χ3n) is 10.6. The van der Waals surface area contributed by atoms with Crippen LogP contribution in [0.3, 0.4) is 0 Å². The number of nitrogens with one attached hydrogen (secondary N) is 1. The van der Waals surface area contributed by atoms with Crippen molar-refractivity contribution in [1.29, 1.82) is 0 Å². The van der Waals surface area contributed by atoms with E-state index in [-0.39, 0.29) is 6.61 Å². The van der Waals surface area contributed by atoms with E-state index >= 15 is 0 Å². The first-order valence-corrected chi connectivity index (χ1v) is 22.2. The predicted octanol–water partition coefficient (Wildman–Crippen LogP) is 7.69. The number of unbranched alkanes of at least 4 members (excludes halogenated alkanes) is 23. The van der Waals surface area contributed by atoms with Gasteiger partial charge in [0.25, 0.3) is 0 Å². The van der Waals surface area contributed by atoms with Crippen LogP contribution in [-0.4, -0.2) is 98.7 Å². The van der Waals surface area contributed by atoms with Crippen molar-refractivity contribution in [3.63, 3.8) is 0 Å². The average Bonchev–Trinajstić information content (AvgIpc) is 3.17. The number of allylic oxidation sites excluding steroid dienone is 3. The summed E-state index contributed by atoms with van der Waals surface area (Å²) in [6, 6.07) is -0.977. The highest BCUT2D eigenvalue weighted by molar-refractivity contribution is 5.80. The predicted molar refractivity (Wildman–Crippen MR) is 218 cm³/mol. The standard InChI is InChI=1S/C44H83NO9/c1-3-5-7-9-11-13-15-16-17-18-19-20-21-23-25-27-29-31-33-38(48)43(52)45-36(35-53-44-42(51)41(50)40(49)39(34-46)54-44)37(47)32-30-28-26-24-22-14-12-10-8-6-4-2/h16-17,30,32,36-42,44,46-51H,3-15,18-29,31,33-35H2,1-2H3,(H,45,52)/b17-16-,32-30+/t36-,37+,38+,39+,40+,41-,42+,44+/m0/s1. The van der Waals surface area contributed by atoms with Crippen LogP contribution in [0, 0.1) is 0 Å². The van der Waals surface area contributed by atoms with E-state index in [1.54, 1.807) is 6.08 Å². The van der Waals surface area contributed by atoms with Crippen molar-refractivity contribution in [3.05, 3.63) is 24.3 Å². The molecule has 7 N–H and O–H groups in total. The highest BCUT2D eigenvalue weighted by Crippen LogP contribution is 2.22. The van der Waals surface area contributed by atoms with Crippen LogP contribution in [0.1, 0.15) is 187 Å². The summed E-state index contributed by atoms with van der Waals surface area (Å²) in [5.41, 5.74) is 0. The number of rotatable bonds is 36. The molecule has 10 heteroatoms. The molecule has 0 aromatic rings. The van der Waals surface area contributed by atoms with E-state index in [9.17, 15) is 35.4 Å². The first kappa shape index (κ1) is 50.6. The lowest BCUT2D eigenvalue weighted by molar-refractivity contribution is -0.302. The first-order valence-electron chi connectivity index (χ1n) is 22.2. The highest BCUT2D eigenvalue weighted by atomic mass is 16.7. The molecule has 0 unspecified atom stereocenters. The maximum absolute atomic E-state index is 13.0. The van der Waals surface area contributed by atoms with Crippen molar-refractivity contribution in [3.8, 4) is 0 Å². The number of aliphatic hydroxyl groups is 6. The number of aliphatic hydroxyl groups excluding tert-OH is 6. The average molecular weight is 770 g/mol. The Labute approximate surface area is 329 Å². The van der Waals surface area contributed by atoms with Crippen molar-refractivity contribution in [1.82, 2.24) is 5.32 Å². The van der Waals surface area contributed by atoms with Crippen LogP contribution in [0.4, 0.5) is 0 Å². The largest absolute Gasteiger partial charge is 0.394 e. The molecule has 0 bridgehead atoms. The molecule has 1 aliphatic heterocycles. The summed E-state index contributed by atoms with van der Waals surface area (Å²) in [6.45, 7) is 3.57. The van der Waals surface area contributed by atoms with Crippen LogP contribution in [-0.2, 0) is 14.3 Å². The van der Waals surface area contributed by atoms with Gasteiger partial charge in [-0.25, -0.2) is 0 Å². The van der Waals surface area contributed by atoms with Gasteiger partial charge >= 0.3 is 0 Å². The molecule has 1 amide bonds. The molecule has 0 aromatic carbocycles. The van der Waals surface area contributed by atoms with E-state index in [1.165, 1.54) is 122 Å². The zero-order chi connectivity index (χ0) is 39.7. The quantitative estimate of drug-likeness (QED) is 0.0250. The van der Waals surface area contributed by atoms with Crippen LogP contribution in [0.5, 0.6) is 0 Å². The minimum absolute atomic E-state index is 0.305. The molecule has 1 rings (SSSR count). The van der Waals surface area contributed by atoms with Gasteiger partial charge < -0.3 is 45.4 Å². The Morgan fingerprint density at radius 2 is 1.07 bits per heavy atom. The maximum atomic E-state index is 13.0. The fraction of sp³-hybridized carbons (Fsp3) is 0.886. The molecule has 318 valence electrons. The Hall–Kier alpha value is -1.37. The maximum Gasteiger partial charge on any atom is 0.249 e. The zero-order valence-corrected chi connectivity index (χ0v) is 34.3. The summed E-state index contributed by atoms with van der Waals surface area (Å²) in [7, 11) is 0. The molecule has 1 heterocycles. The second-order valence-electron chi connectivity index (χ2n) is 15.6. The van der Waals surface area contributed by atoms with Gasteiger partial charge in [0, 0.05) is 0 Å². The molecule has 0 saturated carbocycles. The number of carbonyl (C=O) groups excluding carboxylic acids is 1. The normalized spacial score (nSPS) is 22.3. The van der Waals surface area contributed by atoms with Crippen LogP contribution >= 0.6 is 0 Å². The van der Waals surface area contributed by atoms with Gasteiger partial charge in [-0.15, -0.1) is 0 Å². The molecule has 0 aromatic heterocycles. The second kappa shape index (κ2) is 34.8. The van der Waals surface area contributed by atoms with Gasteiger partial charge in [0.2, 0.25) is 5.91 Å². The Morgan fingerprint density at radius 3 is 1.56 bits per heavy atom. The molecule has 0 spiro atoms. The molecule has 1 fully saturated rings. The minimum atomic E-state index is -1.61. The van der Waals surface area contributed by atoms with Crippen molar-refractivity contribution < 1.29 is 44.9 Å². The van der Waals surface area contributed by atoms with E-state index < -0.39 is 61.5 Å².